The first kappa shape index (κ1) is 13.8. The summed E-state index contributed by atoms with van der Waals surface area (Å²) in [7, 11) is 0. The predicted molar refractivity (Wildman–Crippen MR) is 74.7 cm³/mol. The highest BCUT2D eigenvalue weighted by molar-refractivity contribution is 5.90. The summed E-state index contributed by atoms with van der Waals surface area (Å²) in [5.74, 6) is 0.167. The Hall–Kier alpha value is -1.58. The average Bonchev–Trinajstić information content (AvgIpc) is 2.37. The summed E-state index contributed by atoms with van der Waals surface area (Å²) < 4.78 is 13.1. The minimum atomic E-state index is -0.341. The van der Waals surface area contributed by atoms with Crippen molar-refractivity contribution in [2.75, 3.05) is 5.32 Å². The van der Waals surface area contributed by atoms with Crippen molar-refractivity contribution < 1.29 is 9.18 Å². The zero-order chi connectivity index (χ0) is 13.8. The van der Waals surface area contributed by atoms with E-state index < -0.39 is 0 Å². The summed E-state index contributed by atoms with van der Waals surface area (Å²) >= 11 is 0. The summed E-state index contributed by atoms with van der Waals surface area (Å²) in [6, 6.07) is 4.38. The lowest BCUT2D eigenvalue weighted by atomic mass is 9.86. The lowest BCUT2D eigenvalue weighted by Gasteiger charge is -2.29. The largest absolute Gasteiger partial charge is 0.335 e. The first-order valence-electron chi connectivity index (χ1n) is 6.90. The minimum absolute atomic E-state index is 0.225. The molecule has 104 valence electrons. The Bertz CT molecular complexity index is 461. The van der Waals surface area contributed by atoms with Crippen LogP contribution in [-0.4, -0.2) is 12.1 Å². The van der Waals surface area contributed by atoms with E-state index >= 15 is 0 Å². The highest BCUT2D eigenvalue weighted by Gasteiger charge is 2.22. The topological polar surface area (TPSA) is 41.1 Å². The summed E-state index contributed by atoms with van der Waals surface area (Å²) in [6.45, 7) is 4.01. The van der Waals surface area contributed by atoms with E-state index in [1.54, 1.807) is 6.07 Å². The quantitative estimate of drug-likeness (QED) is 0.837. The zero-order valence-corrected chi connectivity index (χ0v) is 11.5. The smallest absolute Gasteiger partial charge is 0.319 e. The number of urea groups is 1. The summed E-state index contributed by atoms with van der Waals surface area (Å²) in [4.78, 5) is 11.9. The van der Waals surface area contributed by atoms with Crippen molar-refractivity contribution in [1.82, 2.24) is 5.32 Å². The van der Waals surface area contributed by atoms with Gasteiger partial charge < -0.3 is 10.6 Å². The van der Waals surface area contributed by atoms with Crippen LogP contribution in [0.3, 0.4) is 0 Å². The van der Waals surface area contributed by atoms with Crippen LogP contribution in [0.1, 0.15) is 38.2 Å². The van der Waals surface area contributed by atoms with Crippen LogP contribution in [0.5, 0.6) is 0 Å². The van der Waals surface area contributed by atoms with Crippen LogP contribution in [0.15, 0.2) is 18.2 Å². The van der Waals surface area contributed by atoms with Gasteiger partial charge in [-0.2, -0.15) is 0 Å². The SMILES string of the molecule is Cc1ccc(F)cc1NC(=O)NC1CCCCC1C. The first-order valence-corrected chi connectivity index (χ1v) is 6.90. The highest BCUT2D eigenvalue weighted by Crippen LogP contribution is 2.24. The molecule has 0 aliphatic heterocycles. The van der Waals surface area contributed by atoms with Gasteiger partial charge in [-0.1, -0.05) is 25.8 Å². The van der Waals surface area contributed by atoms with E-state index in [0.29, 0.717) is 11.6 Å². The van der Waals surface area contributed by atoms with Gasteiger partial charge in [-0.3, -0.25) is 0 Å². The highest BCUT2D eigenvalue weighted by atomic mass is 19.1. The molecule has 1 saturated carbocycles. The third-order valence-corrected chi connectivity index (χ3v) is 3.88. The number of halogens is 1. The molecule has 0 aromatic heterocycles. The van der Waals surface area contributed by atoms with Crippen molar-refractivity contribution >= 4 is 11.7 Å². The molecule has 0 saturated heterocycles. The van der Waals surface area contributed by atoms with E-state index in [4.69, 9.17) is 0 Å². The van der Waals surface area contributed by atoms with E-state index in [0.717, 1.165) is 24.8 Å². The summed E-state index contributed by atoms with van der Waals surface area (Å²) in [6.07, 6.45) is 4.58. The van der Waals surface area contributed by atoms with Gasteiger partial charge in [-0.05, 0) is 43.4 Å². The molecule has 1 fully saturated rings. The summed E-state index contributed by atoms with van der Waals surface area (Å²) in [5.41, 5.74) is 1.38. The number of amides is 2. The molecular weight excluding hydrogens is 243 g/mol. The molecule has 1 aliphatic rings. The van der Waals surface area contributed by atoms with Crippen molar-refractivity contribution in [3.63, 3.8) is 0 Å². The monoisotopic (exact) mass is 264 g/mol. The normalized spacial score (nSPS) is 22.9. The second-order valence-electron chi connectivity index (χ2n) is 5.43. The number of hydrogen-bond donors (Lipinski definition) is 2. The number of nitrogens with one attached hydrogen (secondary N) is 2. The van der Waals surface area contributed by atoms with Gasteiger partial charge in [0.2, 0.25) is 0 Å². The number of rotatable bonds is 2. The molecule has 0 radical (unpaired) electrons. The third-order valence-electron chi connectivity index (χ3n) is 3.88. The standard InChI is InChI=1S/C15H21FN2O/c1-10-5-3-4-6-13(10)17-15(19)18-14-9-12(16)8-7-11(14)2/h7-10,13H,3-6H2,1-2H3,(H2,17,18,19). The van der Waals surface area contributed by atoms with Gasteiger partial charge in [0.1, 0.15) is 5.82 Å². The number of hydrogen-bond acceptors (Lipinski definition) is 1. The molecule has 0 bridgehead atoms. The second-order valence-corrected chi connectivity index (χ2v) is 5.43. The maximum Gasteiger partial charge on any atom is 0.319 e. The van der Waals surface area contributed by atoms with Gasteiger partial charge in [0.15, 0.2) is 0 Å². The molecular formula is C15H21FN2O. The fourth-order valence-electron chi connectivity index (χ4n) is 2.59. The lowest BCUT2D eigenvalue weighted by Crippen LogP contribution is -2.43. The van der Waals surface area contributed by atoms with Gasteiger partial charge in [0.25, 0.3) is 0 Å². The number of aryl methyl sites for hydroxylation is 1. The van der Waals surface area contributed by atoms with E-state index in [2.05, 4.69) is 17.6 Å². The van der Waals surface area contributed by atoms with Crippen molar-refractivity contribution in [3.8, 4) is 0 Å². The van der Waals surface area contributed by atoms with Gasteiger partial charge >= 0.3 is 6.03 Å². The Morgan fingerprint density at radius 3 is 2.79 bits per heavy atom. The van der Waals surface area contributed by atoms with Crippen molar-refractivity contribution in [2.24, 2.45) is 5.92 Å². The van der Waals surface area contributed by atoms with Crippen LogP contribution in [0.2, 0.25) is 0 Å². The second kappa shape index (κ2) is 6.04. The van der Waals surface area contributed by atoms with Crippen LogP contribution in [-0.2, 0) is 0 Å². The van der Waals surface area contributed by atoms with Crippen molar-refractivity contribution in [1.29, 1.82) is 0 Å². The van der Waals surface area contributed by atoms with E-state index in [9.17, 15) is 9.18 Å². The Labute approximate surface area is 113 Å². The summed E-state index contributed by atoms with van der Waals surface area (Å²) in [5, 5.41) is 5.72. The van der Waals surface area contributed by atoms with Gasteiger partial charge in [0, 0.05) is 11.7 Å². The van der Waals surface area contributed by atoms with Gasteiger partial charge in [-0.25, -0.2) is 9.18 Å². The molecule has 1 aromatic carbocycles. The van der Waals surface area contributed by atoms with Gasteiger partial charge in [-0.15, -0.1) is 0 Å². The Morgan fingerprint density at radius 2 is 2.05 bits per heavy atom. The molecule has 0 spiro atoms. The molecule has 2 amide bonds. The Kier molecular flexibility index (Phi) is 4.40. The molecule has 1 aromatic rings. The van der Waals surface area contributed by atoms with Crippen molar-refractivity contribution in [2.45, 2.75) is 45.6 Å². The van der Waals surface area contributed by atoms with Crippen LogP contribution in [0.4, 0.5) is 14.9 Å². The zero-order valence-electron chi connectivity index (χ0n) is 11.5. The molecule has 2 unspecified atom stereocenters. The van der Waals surface area contributed by atoms with Crippen molar-refractivity contribution in [3.05, 3.63) is 29.6 Å². The lowest BCUT2D eigenvalue weighted by molar-refractivity contribution is 0.232. The van der Waals surface area contributed by atoms with E-state index in [1.165, 1.54) is 18.6 Å². The number of carbonyl (C=O) groups excluding carboxylic acids is 1. The molecule has 0 heterocycles. The fourth-order valence-corrected chi connectivity index (χ4v) is 2.59. The maximum absolute atomic E-state index is 13.1. The molecule has 19 heavy (non-hydrogen) atoms. The predicted octanol–water partition coefficient (Wildman–Crippen LogP) is 3.83. The Balaban J connectivity index is 1.95. The molecule has 3 nitrogen and oxygen atoms in total. The van der Waals surface area contributed by atoms with Crippen LogP contribution >= 0.6 is 0 Å². The molecule has 1 aliphatic carbocycles. The molecule has 2 N–H and O–H groups in total. The average molecular weight is 264 g/mol. The third kappa shape index (κ3) is 3.69. The first-order chi connectivity index (χ1) is 9.06. The Morgan fingerprint density at radius 1 is 1.32 bits per heavy atom. The number of benzene rings is 1. The maximum atomic E-state index is 13.1. The fraction of sp³-hybridized carbons (Fsp3) is 0.533. The molecule has 2 atom stereocenters. The number of anilines is 1. The van der Waals surface area contributed by atoms with Crippen LogP contribution in [0.25, 0.3) is 0 Å². The molecule has 2 rings (SSSR count). The number of carbonyl (C=O) groups is 1. The van der Waals surface area contributed by atoms with E-state index in [1.807, 2.05) is 6.92 Å². The van der Waals surface area contributed by atoms with Crippen LogP contribution < -0.4 is 10.6 Å². The minimum Gasteiger partial charge on any atom is -0.335 e. The van der Waals surface area contributed by atoms with Crippen LogP contribution in [0, 0.1) is 18.7 Å². The molecule has 4 heteroatoms. The van der Waals surface area contributed by atoms with E-state index in [-0.39, 0.29) is 17.9 Å². The van der Waals surface area contributed by atoms with Gasteiger partial charge in [0.05, 0.1) is 0 Å².